The average molecular weight is 434 g/mol. The van der Waals surface area contributed by atoms with Crippen LogP contribution >= 0.6 is 0 Å². The maximum Gasteiger partial charge on any atom is 0.227 e. The predicted molar refractivity (Wildman–Crippen MR) is 126 cm³/mol. The lowest BCUT2D eigenvalue weighted by Crippen LogP contribution is -2.48. The van der Waals surface area contributed by atoms with Gasteiger partial charge < -0.3 is 20.2 Å². The molecule has 1 amide bonds. The molecule has 7 heteroatoms. The normalized spacial score (nSPS) is 19.3. The number of piperazine rings is 1. The Balaban J connectivity index is 1.30. The van der Waals surface area contributed by atoms with E-state index in [0.717, 1.165) is 73.6 Å². The van der Waals surface area contributed by atoms with Gasteiger partial charge in [0, 0.05) is 62.7 Å². The number of hydrogen-bond donors (Lipinski definition) is 2. The van der Waals surface area contributed by atoms with Gasteiger partial charge in [0.05, 0.1) is 11.5 Å². The standard InChI is InChI=1S/C25H31N5O2/c1-17(31)29-12-14-30(15-13-29)21-9-7-20(8-10-21)27-25-26-16-19-6-11-22(32)23(24(19)28-25)18-4-2-3-5-18/h7-10,16,18,32H,2-6,11-15H2,1H3,(H,26,27,28). The van der Waals surface area contributed by atoms with Gasteiger partial charge in [0.15, 0.2) is 0 Å². The highest BCUT2D eigenvalue weighted by Crippen LogP contribution is 2.42. The lowest BCUT2D eigenvalue weighted by atomic mass is 9.85. The SMILES string of the molecule is CC(=O)N1CCN(c2ccc(Nc3ncc4c(n3)C(C3CCCC3)=C(O)CC4)cc2)CC1. The fourth-order valence-electron chi connectivity index (χ4n) is 5.22. The van der Waals surface area contributed by atoms with Crippen LogP contribution in [0.5, 0.6) is 0 Å². The maximum atomic E-state index is 11.5. The molecule has 0 radical (unpaired) electrons. The molecule has 1 saturated carbocycles. The Morgan fingerprint density at radius 3 is 2.47 bits per heavy atom. The van der Waals surface area contributed by atoms with Crippen LogP contribution in [0.1, 0.15) is 50.3 Å². The molecule has 2 aliphatic carbocycles. The van der Waals surface area contributed by atoms with Crippen LogP contribution in [0.15, 0.2) is 36.2 Å². The summed E-state index contributed by atoms with van der Waals surface area (Å²) in [6.07, 6.45) is 8.11. The zero-order valence-corrected chi connectivity index (χ0v) is 18.7. The first-order valence-electron chi connectivity index (χ1n) is 11.7. The van der Waals surface area contributed by atoms with Crippen LogP contribution in [0, 0.1) is 5.92 Å². The van der Waals surface area contributed by atoms with E-state index in [9.17, 15) is 9.90 Å². The summed E-state index contributed by atoms with van der Waals surface area (Å²) in [4.78, 5) is 25.1. The van der Waals surface area contributed by atoms with Gasteiger partial charge in [-0.25, -0.2) is 9.97 Å². The quantitative estimate of drug-likeness (QED) is 0.748. The zero-order valence-electron chi connectivity index (χ0n) is 18.7. The molecule has 2 heterocycles. The van der Waals surface area contributed by atoms with Crippen molar-refractivity contribution in [2.24, 2.45) is 5.92 Å². The van der Waals surface area contributed by atoms with Crippen molar-refractivity contribution in [1.29, 1.82) is 0 Å². The maximum absolute atomic E-state index is 11.5. The predicted octanol–water partition coefficient (Wildman–Crippen LogP) is 4.29. The number of hydrogen-bond acceptors (Lipinski definition) is 6. The van der Waals surface area contributed by atoms with Crippen molar-refractivity contribution in [3.05, 3.63) is 47.5 Å². The molecule has 5 rings (SSSR count). The highest BCUT2D eigenvalue weighted by molar-refractivity contribution is 5.74. The highest BCUT2D eigenvalue weighted by atomic mass is 16.3. The van der Waals surface area contributed by atoms with Crippen molar-refractivity contribution in [2.45, 2.75) is 45.4 Å². The Kier molecular flexibility index (Phi) is 5.72. The van der Waals surface area contributed by atoms with Gasteiger partial charge in [-0.15, -0.1) is 0 Å². The smallest absolute Gasteiger partial charge is 0.227 e. The summed E-state index contributed by atoms with van der Waals surface area (Å²) in [6, 6.07) is 8.28. The van der Waals surface area contributed by atoms with Gasteiger partial charge >= 0.3 is 0 Å². The number of rotatable bonds is 4. The number of carbonyl (C=O) groups excluding carboxylic acids is 1. The minimum absolute atomic E-state index is 0.147. The number of carbonyl (C=O) groups is 1. The Morgan fingerprint density at radius 2 is 1.78 bits per heavy atom. The zero-order chi connectivity index (χ0) is 22.1. The van der Waals surface area contributed by atoms with Crippen LogP contribution in [0.25, 0.3) is 5.57 Å². The molecular weight excluding hydrogens is 402 g/mol. The van der Waals surface area contributed by atoms with E-state index in [4.69, 9.17) is 4.98 Å². The lowest BCUT2D eigenvalue weighted by molar-refractivity contribution is -0.129. The van der Waals surface area contributed by atoms with Crippen molar-refractivity contribution in [1.82, 2.24) is 14.9 Å². The molecule has 7 nitrogen and oxygen atoms in total. The monoisotopic (exact) mass is 433 g/mol. The fraction of sp³-hybridized carbons (Fsp3) is 0.480. The number of benzene rings is 1. The molecule has 0 atom stereocenters. The Labute approximate surface area is 189 Å². The second-order valence-corrected chi connectivity index (χ2v) is 9.07. The van der Waals surface area contributed by atoms with Crippen LogP contribution in [-0.4, -0.2) is 52.1 Å². The number of anilines is 3. The van der Waals surface area contributed by atoms with E-state index in [0.29, 0.717) is 24.0 Å². The number of aromatic nitrogens is 2. The van der Waals surface area contributed by atoms with Crippen molar-refractivity contribution < 1.29 is 9.90 Å². The number of nitrogens with zero attached hydrogens (tertiary/aromatic N) is 4. The third kappa shape index (κ3) is 4.16. The summed E-state index contributed by atoms with van der Waals surface area (Å²) in [5.41, 5.74) is 5.20. The molecular formula is C25H31N5O2. The van der Waals surface area contributed by atoms with Crippen molar-refractivity contribution in [2.75, 3.05) is 36.4 Å². The number of allylic oxidation sites excluding steroid dienone is 2. The molecule has 0 bridgehead atoms. The Bertz CT molecular complexity index is 1020. The summed E-state index contributed by atoms with van der Waals surface area (Å²) in [7, 11) is 0. The third-order valence-electron chi connectivity index (χ3n) is 7.04. The Morgan fingerprint density at radius 1 is 1.06 bits per heavy atom. The van der Waals surface area contributed by atoms with Crippen LogP contribution in [0.4, 0.5) is 17.3 Å². The van der Waals surface area contributed by atoms with Crippen LogP contribution in [-0.2, 0) is 11.2 Å². The van der Waals surface area contributed by atoms with Crippen molar-refractivity contribution in [3.63, 3.8) is 0 Å². The number of amides is 1. The number of nitrogens with one attached hydrogen (secondary N) is 1. The molecule has 0 unspecified atom stereocenters. The fourth-order valence-corrected chi connectivity index (χ4v) is 5.22. The van der Waals surface area contributed by atoms with E-state index < -0.39 is 0 Å². The van der Waals surface area contributed by atoms with E-state index in [2.05, 4.69) is 27.3 Å². The summed E-state index contributed by atoms with van der Waals surface area (Å²) in [5.74, 6) is 1.65. The second kappa shape index (κ2) is 8.81. The molecule has 1 aromatic heterocycles. The molecule has 168 valence electrons. The number of aryl methyl sites for hydroxylation is 1. The molecule has 1 aliphatic heterocycles. The third-order valence-corrected chi connectivity index (χ3v) is 7.04. The topological polar surface area (TPSA) is 81.6 Å². The van der Waals surface area contributed by atoms with Gasteiger partial charge in [-0.05, 0) is 55.0 Å². The van der Waals surface area contributed by atoms with Crippen LogP contribution in [0.2, 0.25) is 0 Å². The molecule has 2 aromatic rings. The summed E-state index contributed by atoms with van der Waals surface area (Å²) < 4.78 is 0. The van der Waals surface area contributed by atoms with E-state index in [1.165, 1.54) is 12.8 Å². The van der Waals surface area contributed by atoms with Gasteiger partial charge in [-0.3, -0.25) is 4.79 Å². The van der Waals surface area contributed by atoms with Gasteiger partial charge in [0.25, 0.3) is 0 Å². The second-order valence-electron chi connectivity index (χ2n) is 9.07. The van der Waals surface area contributed by atoms with Crippen molar-refractivity contribution >= 4 is 28.8 Å². The van der Waals surface area contributed by atoms with Gasteiger partial charge in [0.1, 0.15) is 0 Å². The van der Waals surface area contributed by atoms with Crippen LogP contribution < -0.4 is 10.2 Å². The lowest BCUT2D eigenvalue weighted by Gasteiger charge is -2.35. The molecule has 1 aromatic carbocycles. The van der Waals surface area contributed by atoms with E-state index in [1.54, 1.807) is 6.92 Å². The first kappa shape index (κ1) is 20.8. The highest BCUT2D eigenvalue weighted by Gasteiger charge is 2.29. The average Bonchev–Trinajstić information content (AvgIpc) is 3.34. The summed E-state index contributed by atoms with van der Waals surface area (Å²) >= 11 is 0. The number of fused-ring (bicyclic) bond motifs is 1. The molecule has 2 fully saturated rings. The molecule has 1 saturated heterocycles. The van der Waals surface area contributed by atoms with Gasteiger partial charge in [-0.2, -0.15) is 0 Å². The van der Waals surface area contributed by atoms with E-state index >= 15 is 0 Å². The summed E-state index contributed by atoms with van der Waals surface area (Å²) in [5, 5.41) is 14.0. The Hall–Kier alpha value is -3.09. The number of aliphatic hydroxyl groups is 1. The van der Waals surface area contributed by atoms with E-state index in [1.807, 2.05) is 23.2 Å². The first-order valence-corrected chi connectivity index (χ1v) is 11.7. The minimum Gasteiger partial charge on any atom is -0.512 e. The van der Waals surface area contributed by atoms with E-state index in [-0.39, 0.29) is 5.91 Å². The summed E-state index contributed by atoms with van der Waals surface area (Å²) in [6.45, 7) is 4.86. The van der Waals surface area contributed by atoms with Crippen molar-refractivity contribution in [3.8, 4) is 0 Å². The minimum atomic E-state index is 0.147. The molecule has 2 N–H and O–H groups in total. The molecule has 3 aliphatic rings. The van der Waals surface area contributed by atoms with Gasteiger partial charge in [0.2, 0.25) is 11.9 Å². The number of aliphatic hydroxyl groups excluding tert-OH is 1. The van der Waals surface area contributed by atoms with Crippen LogP contribution in [0.3, 0.4) is 0 Å². The molecule has 32 heavy (non-hydrogen) atoms. The van der Waals surface area contributed by atoms with Gasteiger partial charge in [-0.1, -0.05) is 12.8 Å². The first-order chi connectivity index (χ1) is 15.6. The largest absolute Gasteiger partial charge is 0.512 e. The molecule has 0 spiro atoms.